The molecule has 0 saturated heterocycles. The third-order valence-electron chi connectivity index (χ3n) is 3.29. The lowest BCUT2D eigenvalue weighted by molar-refractivity contribution is 0.536. The van der Waals surface area contributed by atoms with Crippen LogP contribution in [-0.2, 0) is 0 Å². The summed E-state index contributed by atoms with van der Waals surface area (Å²) in [5, 5.41) is 5.46. The monoisotopic (exact) mass is 332 g/mol. The van der Waals surface area contributed by atoms with Crippen molar-refractivity contribution >= 4 is 26.8 Å². The number of halogens is 2. The average molecular weight is 333 g/mol. The molecule has 0 N–H and O–H groups in total. The van der Waals surface area contributed by atoms with E-state index in [4.69, 9.17) is 0 Å². The zero-order chi connectivity index (χ0) is 14.3. The molecule has 0 radical (unpaired) electrons. The van der Waals surface area contributed by atoms with Crippen molar-refractivity contribution < 1.29 is 4.39 Å². The minimum atomic E-state index is -0.230. The predicted molar refractivity (Wildman–Crippen MR) is 83.2 cm³/mol. The van der Waals surface area contributed by atoms with Crippen molar-refractivity contribution in [2.24, 2.45) is 0 Å². The van der Waals surface area contributed by atoms with Crippen LogP contribution in [0.1, 0.15) is 19.9 Å². The standard InChI is InChI=1S/C16H14BrFN2/c1-10(2)20-16-13(4-3-5-14(16)18)15(19-20)11-6-8-12(17)9-7-11/h3-10H,1-2H3. The van der Waals surface area contributed by atoms with E-state index in [1.54, 1.807) is 10.7 Å². The average Bonchev–Trinajstić information content (AvgIpc) is 2.81. The zero-order valence-electron chi connectivity index (χ0n) is 11.3. The molecule has 0 spiro atoms. The quantitative estimate of drug-likeness (QED) is 0.631. The lowest BCUT2D eigenvalue weighted by atomic mass is 10.1. The van der Waals surface area contributed by atoms with Crippen LogP contribution in [0.3, 0.4) is 0 Å². The van der Waals surface area contributed by atoms with Crippen LogP contribution in [0.15, 0.2) is 46.9 Å². The fraction of sp³-hybridized carbons (Fsp3) is 0.188. The maximum atomic E-state index is 14.1. The van der Waals surface area contributed by atoms with Gasteiger partial charge in [-0.2, -0.15) is 5.10 Å². The van der Waals surface area contributed by atoms with E-state index in [9.17, 15) is 4.39 Å². The van der Waals surface area contributed by atoms with E-state index < -0.39 is 0 Å². The topological polar surface area (TPSA) is 17.8 Å². The summed E-state index contributed by atoms with van der Waals surface area (Å²) in [6.45, 7) is 4.01. The van der Waals surface area contributed by atoms with Gasteiger partial charge in [0.25, 0.3) is 0 Å². The summed E-state index contributed by atoms with van der Waals surface area (Å²) in [6, 6.07) is 13.1. The van der Waals surface area contributed by atoms with Gasteiger partial charge in [0.05, 0.1) is 0 Å². The van der Waals surface area contributed by atoms with E-state index >= 15 is 0 Å². The van der Waals surface area contributed by atoms with Crippen molar-refractivity contribution in [1.29, 1.82) is 0 Å². The number of hydrogen-bond donors (Lipinski definition) is 0. The van der Waals surface area contributed by atoms with Crippen molar-refractivity contribution in [2.45, 2.75) is 19.9 Å². The number of hydrogen-bond acceptors (Lipinski definition) is 1. The number of nitrogens with zero attached hydrogens (tertiary/aromatic N) is 2. The smallest absolute Gasteiger partial charge is 0.149 e. The molecule has 0 aliphatic heterocycles. The van der Waals surface area contributed by atoms with Crippen LogP contribution in [0, 0.1) is 5.82 Å². The first-order valence-electron chi connectivity index (χ1n) is 6.50. The van der Waals surface area contributed by atoms with Crippen molar-refractivity contribution in [3.63, 3.8) is 0 Å². The highest BCUT2D eigenvalue weighted by molar-refractivity contribution is 9.10. The molecule has 20 heavy (non-hydrogen) atoms. The van der Waals surface area contributed by atoms with Gasteiger partial charge in [-0.3, -0.25) is 4.68 Å². The van der Waals surface area contributed by atoms with Gasteiger partial charge >= 0.3 is 0 Å². The normalized spacial score (nSPS) is 11.4. The summed E-state index contributed by atoms with van der Waals surface area (Å²) in [7, 11) is 0. The highest BCUT2D eigenvalue weighted by atomic mass is 79.9. The second-order valence-electron chi connectivity index (χ2n) is 5.03. The van der Waals surface area contributed by atoms with E-state index in [0.29, 0.717) is 5.52 Å². The Hall–Kier alpha value is -1.68. The van der Waals surface area contributed by atoms with Crippen molar-refractivity contribution in [1.82, 2.24) is 9.78 Å². The Balaban J connectivity index is 2.31. The first-order chi connectivity index (χ1) is 9.58. The first kappa shape index (κ1) is 13.3. The van der Waals surface area contributed by atoms with Gasteiger partial charge in [-0.05, 0) is 32.0 Å². The van der Waals surface area contributed by atoms with E-state index in [2.05, 4.69) is 21.0 Å². The van der Waals surface area contributed by atoms with Gasteiger partial charge in [0, 0.05) is 21.5 Å². The summed E-state index contributed by atoms with van der Waals surface area (Å²) in [6.07, 6.45) is 0. The maximum absolute atomic E-state index is 14.1. The van der Waals surface area contributed by atoms with Gasteiger partial charge in [-0.15, -0.1) is 0 Å². The molecule has 0 atom stereocenters. The molecule has 3 aromatic rings. The minimum Gasteiger partial charge on any atom is -0.259 e. The lowest BCUT2D eigenvalue weighted by Crippen LogP contribution is -2.03. The Bertz CT molecular complexity index is 760. The third kappa shape index (κ3) is 2.14. The lowest BCUT2D eigenvalue weighted by Gasteiger charge is -2.06. The highest BCUT2D eigenvalue weighted by Gasteiger charge is 2.16. The fourth-order valence-electron chi connectivity index (χ4n) is 2.35. The van der Waals surface area contributed by atoms with E-state index in [-0.39, 0.29) is 11.9 Å². The maximum Gasteiger partial charge on any atom is 0.149 e. The van der Waals surface area contributed by atoms with Gasteiger partial charge in [0.1, 0.15) is 17.0 Å². The number of aromatic nitrogens is 2. The first-order valence-corrected chi connectivity index (χ1v) is 7.30. The van der Waals surface area contributed by atoms with Gasteiger partial charge in [-0.25, -0.2) is 4.39 Å². The Morgan fingerprint density at radius 3 is 2.45 bits per heavy atom. The number of rotatable bonds is 2. The van der Waals surface area contributed by atoms with E-state index in [0.717, 1.165) is 21.1 Å². The van der Waals surface area contributed by atoms with Crippen molar-refractivity contribution in [3.05, 3.63) is 52.8 Å². The molecule has 0 aliphatic rings. The summed E-state index contributed by atoms with van der Waals surface area (Å²) < 4.78 is 16.9. The molecular formula is C16H14BrFN2. The van der Waals surface area contributed by atoms with Crippen LogP contribution in [-0.4, -0.2) is 9.78 Å². The molecule has 4 heteroatoms. The molecule has 0 aliphatic carbocycles. The van der Waals surface area contributed by atoms with Crippen LogP contribution >= 0.6 is 15.9 Å². The van der Waals surface area contributed by atoms with Crippen LogP contribution in [0.5, 0.6) is 0 Å². The Kier molecular flexibility index (Phi) is 3.34. The second-order valence-corrected chi connectivity index (χ2v) is 5.95. The second kappa shape index (κ2) is 5.02. The molecule has 3 rings (SSSR count). The molecular weight excluding hydrogens is 319 g/mol. The molecule has 1 aromatic heterocycles. The van der Waals surface area contributed by atoms with Crippen LogP contribution in [0.2, 0.25) is 0 Å². The van der Waals surface area contributed by atoms with E-state index in [1.165, 1.54) is 6.07 Å². The zero-order valence-corrected chi connectivity index (χ0v) is 12.9. The van der Waals surface area contributed by atoms with E-state index in [1.807, 2.05) is 44.2 Å². The minimum absolute atomic E-state index is 0.110. The fourth-order valence-corrected chi connectivity index (χ4v) is 2.61. The number of fused-ring (bicyclic) bond motifs is 1. The molecule has 0 fully saturated rings. The van der Waals surface area contributed by atoms with Crippen molar-refractivity contribution in [3.8, 4) is 11.3 Å². The molecule has 0 amide bonds. The molecule has 2 aromatic carbocycles. The number of benzene rings is 2. The number of para-hydroxylation sites is 1. The largest absolute Gasteiger partial charge is 0.259 e. The van der Waals surface area contributed by atoms with Crippen LogP contribution in [0.4, 0.5) is 4.39 Å². The van der Waals surface area contributed by atoms with Crippen molar-refractivity contribution in [2.75, 3.05) is 0 Å². The molecule has 0 saturated carbocycles. The molecule has 1 heterocycles. The Labute approximate surface area is 125 Å². The van der Waals surface area contributed by atoms with Gasteiger partial charge in [0.2, 0.25) is 0 Å². The summed E-state index contributed by atoms with van der Waals surface area (Å²) >= 11 is 3.42. The molecule has 0 unspecified atom stereocenters. The SMILES string of the molecule is CC(C)n1nc(-c2ccc(Br)cc2)c2cccc(F)c21. The summed E-state index contributed by atoms with van der Waals surface area (Å²) in [4.78, 5) is 0. The van der Waals surface area contributed by atoms with Gasteiger partial charge in [0.15, 0.2) is 0 Å². The predicted octanol–water partition coefficient (Wildman–Crippen LogP) is 5.19. The van der Waals surface area contributed by atoms with Crippen LogP contribution < -0.4 is 0 Å². The van der Waals surface area contributed by atoms with Crippen LogP contribution in [0.25, 0.3) is 22.2 Å². The highest BCUT2D eigenvalue weighted by Crippen LogP contribution is 2.31. The Morgan fingerprint density at radius 1 is 1.10 bits per heavy atom. The molecule has 102 valence electrons. The molecule has 2 nitrogen and oxygen atoms in total. The van der Waals surface area contributed by atoms with Gasteiger partial charge in [-0.1, -0.05) is 40.2 Å². The van der Waals surface area contributed by atoms with Gasteiger partial charge < -0.3 is 0 Å². The molecule has 0 bridgehead atoms. The Morgan fingerprint density at radius 2 is 1.80 bits per heavy atom. The summed E-state index contributed by atoms with van der Waals surface area (Å²) in [5.41, 5.74) is 2.38. The summed E-state index contributed by atoms with van der Waals surface area (Å²) in [5.74, 6) is -0.230. The third-order valence-corrected chi connectivity index (χ3v) is 3.81.